The molecule has 35 nitrogen and oxygen atoms in total. The summed E-state index contributed by atoms with van der Waals surface area (Å²) in [5, 5.41) is 83.6. The van der Waals surface area contributed by atoms with Crippen molar-refractivity contribution in [1.29, 1.82) is 0 Å². The molecule has 0 aliphatic rings. The highest BCUT2D eigenvalue weighted by atomic mass is 16.4. The Morgan fingerprint density at radius 2 is 0.851 bits per heavy atom. The minimum Gasteiger partial charge on any atom is -0.508 e. The van der Waals surface area contributed by atoms with Gasteiger partial charge in [-0.1, -0.05) is 56.3 Å². The van der Waals surface area contributed by atoms with Crippen LogP contribution in [0.5, 0.6) is 5.75 Å². The molecule has 2 rings (SSSR count). The number of carbonyl (C=O) groups excluding carboxylic acids is 12. The first kappa shape index (κ1) is 80.2. The number of carbonyl (C=O) groups is 15. The average Bonchev–Trinajstić information content (AvgIpc) is 1.05. The second kappa shape index (κ2) is 41.6. The summed E-state index contributed by atoms with van der Waals surface area (Å²) in [6.45, 7) is 3.16. The van der Waals surface area contributed by atoms with Gasteiger partial charge in [0.15, 0.2) is 0 Å². The molecule has 0 radical (unpaired) electrons. The Balaban J connectivity index is 2.25. The van der Waals surface area contributed by atoms with Crippen LogP contribution in [0.4, 0.5) is 0 Å². The Morgan fingerprint density at radius 3 is 1.37 bits per heavy atom. The summed E-state index contributed by atoms with van der Waals surface area (Å²) in [4.78, 5) is 196. The van der Waals surface area contributed by atoms with Crippen molar-refractivity contribution in [2.24, 2.45) is 23.1 Å². The molecular weight excluding hydrogens is 1240 g/mol. The van der Waals surface area contributed by atoms with Crippen LogP contribution in [0.25, 0.3) is 0 Å². The number of rotatable bonds is 44. The number of carboxylic acids is 3. The molecule has 0 heterocycles. The number of unbranched alkanes of at least 4 members (excludes halogenated alkanes) is 1. The molecule has 0 aliphatic heterocycles. The van der Waals surface area contributed by atoms with Crippen molar-refractivity contribution in [2.45, 2.75) is 171 Å². The Morgan fingerprint density at radius 1 is 0.436 bits per heavy atom. The molecule has 94 heavy (non-hydrogen) atoms. The second-order valence-corrected chi connectivity index (χ2v) is 22.4. The van der Waals surface area contributed by atoms with E-state index < -0.39 is 214 Å². The molecule has 2 aromatic rings. The van der Waals surface area contributed by atoms with Crippen LogP contribution in [0.1, 0.15) is 103 Å². The largest absolute Gasteiger partial charge is 0.508 e. The van der Waals surface area contributed by atoms with Gasteiger partial charge in [-0.3, -0.25) is 67.1 Å². The maximum atomic E-state index is 14.0. The van der Waals surface area contributed by atoms with Gasteiger partial charge in [0, 0.05) is 32.1 Å². The van der Waals surface area contributed by atoms with Gasteiger partial charge < -0.3 is 106 Å². The summed E-state index contributed by atoms with van der Waals surface area (Å²) in [6, 6.07) is -3.34. The number of nitrogens with one attached hydrogen (secondary N) is 11. The van der Waals surface area contributed by atoms with Gasteiger partial charge in [0.05, 0.1) is 19.8 Å². The first-order valence-electron chi connectivity index (χ1n) is 30.0. The fourth-order valence-electron chi connectivity index (χ4n) is 8.75. The average molecular weight is 1330 g/mol. The summed E-state index contributed by atoms with van der Waals surface area (Å²) in [7, 11) is 0. The number of carboxylic acid groups (broad SMARTS) is 3. The third kappa shape index (κ3) is 30.5. The van der Waals surface area contributed by atoms with E-state index in [2.05, 4.69) is 58.5 Å². The van der Waals surface area contributed by atoms with E-state index in [0.717, 1.165) is 0 Å². The standard InChI is InChI=1S/C59H88N14O21/c1-30(2)24-41(70-57(91)42(25-34-13-15-35(76)16-14-34)71-58(92)44(29-75)73-51(85)36(61)28-74)56(90)68-38(18-21-47(79)80)52(86)63-27-46(78)66-39(17-20-45(62)77)53(87)65-31(3)49(83)64-32(4)50(84)67-37(12-8-9-23-60)54(88)69-40(19-22-48(81)82)55(89)72-43(59(93)94)26-33-10-6-5-7-11-33/h5-7,10-11,13-16,30-32,36-44,74-76H,8-9,12,17-29,60-61H2,1-4H3,(H2,62,77)(H,63,86)(H,64,83)(H,65,87)(H,66,78)(H,67,84)(H,68,90)(H,69,88)(H,70,91)(H,71,92)(H,72,89)(H,73,85)(H,79,80)(H,81,82)(H,93,94)/t31-,32-,36-,37-,38-,39-,40-,41-,42-,43-,44-/m0/s1. The third-order valence-electron chi connectivity index (χ3n) is 14.0. The molecule has 0 fully saturated rings. The first-order valence-corrected chi connectivity index (χ1v) is 30.0. The zero-order chi connectivity index (χ0) is 70.8. The lowest BCUT2D eigenvalue weighted by Gasteiger charge is -2.27. The Bertz CT molecular complexity index is 2940. The number of nitrogens with two attached hydrogens (primary N) is 3. The zero-order valence-corrected chi connectivity index (χ0v) is 52.5. The third-order valence-corrected chi connectivity index (χ3v) is 14.0. The summed E-state index contributed by atoms with van der Waals surface area (Å²) in [5.74, 6) is -17.0. The number of phenolic OH excluding ortho intramolecular Hbond substituents is 1. The van der Waals surface area contributed by atoms with Crippen molar-refractivity contribution in [3.8, 4) is 5.75 Å². The lowest BCUT2D eigenvalue weighted by Crippen LogP contribution is -2.60. The van der Waals surface area contributed by atoms with Gasteiger partial charge in [0.1, 0.15) is 72.2 Å². The van der Waals surface area contributed by atoms with Crippen molar-refractivity contribution in [3.05, 3.63) is 65.7 Å². The highest BCUT2D eigenvalue weighted by Crippen LogP contribution is 2.14. The number of amides is 12. The number of benzene rings is 2. The first-order chi connectivity index (χ1) is 44.3. The molecular formula is C59H88N14O21. The van der Waals surface area contributed by atoms with Crippen molar-refractivity contribution < 1.29 is 103 Å². The van der Waals surface area contributed by atoms with Crippen LogP contribution in [0.3, 0.4) is 0 Å². The van der Waals surface area contributed by atoms with Crippen molar-refractivity contribution in [2.75, 3.05) is 26.3 Å². The molecule has 0 unspecified atom stereocenters. The Kier molecular flexibility index (Phi) is 35.5. The Hall–Kier alpha value is -9.87. The van der Waals surface area contributed by atoms with E-state index in [1.54, 1.807) is 44.2 Å². The van der Waals surface area contributed by atoms with Crippen molar-refractivity contribution in [3.63, 3.8) is 0 Å². The quantitative estimate of drug-likeness (QED) is 0.0275. The van der Waals surface area contributed by atoms with Crippen LogP contribution < -0.4 is 75.7 Å². The number of hydrogen-bond donors (Lipinski definition) is 20. The number of aromatic hydroxyl groups is 1. The molecule has 0 aromatic heterocycles. The summed E-state index contributed by atoms with van der Waals surface area (Å²) in [6.07, 6.45) is -3.42. The highest BCUT2D eigenvalue weighted by Gasteiger charge is 2.35. The number of primary amides is 1. The SMILES string of the molecule is CC(C)C[C@H](NC(=O)[C@H](Cc1ccc(O)cc1)NC(=O)[C@H](CO)NC(=O)[C@@H](N)CO)C(=O)N[C@@H](CCC(=O)O)C(=O)NCC(=O)N[C@@H](CCC(N)=O)C(=O)N[C@@H](C)C(=O)N[C@@H](C)C(=O)N[C@@H](CCCCN)C(=O)N[C@@H](CCC(=O)O)C(=O)N[C@@H](Cc1ccccc1)C(=O)O. The fourth-order valence-corrected chi connectivity index (χ4v) is 8.75. The minimum atomic E-state index is -1.71. The Labute approximate surface area is 540 Å². The molecule has 0 bridgehead atoms. The number of hydrogen-bond acceptors (Lipinski definition) is 20. The molecule has 35 heteroatoms. The van der Waals surface area contributed by atoms with Crippen LogP contribution in [0.15, 0.2) is 54.6 Å². The molecule has 0 spiro atoms. The summed E-state index contributed by atoms with van der Waals surface area (Å²) >= 11 is 0. The maximum absolute atomic E-state index is 14.0. The monoisotopic (exact) mass is 1330 g/mol. The van der Waals surface area contributed by atoms with Gasteiger partial charge >= 0.3 is 17.9 Å². The molecule has 23 N–H and O–H groups in total. The van der Waals surface area contributed by atoms with Crippen LogP contribution in [0, 0.1) is 5.92 Å². The van der Waals surface area contributed by atoms with Gasteiger partial charge in [0.2, 0.25) is 70.9 Å². The van der Waals surface area contributed by atoms with Crippen molar-refractivity contribution in [1.82, 2.24) is 58.5 Å². The molecule has 0 aliphatic carbocycles. The molecule has 2 aromatic carbocycles. The van der Waals surface area contributed by atoms with Gasteiger partial charge in [-0.05, 0) is 94.5 Å². The highest BCUT2D eigenvalue weighted by molar-refractivity contribution is 5.99. The van der Waals surface area contributed by atoms with E-state index in [1.807, 2.05) is 0 Å². The number of phenols is 1. The fraction of sp³-hybridized carbons (Fsp3) is 0.542. The van der Waals surface area contributed by atoms with E-state index in [1.165, 1.54) is 38.1 Å². The lowest BCUT2D eigenvalue weighted by molar-refractivity contribution is -0.143. The number of aliphatic hydroxyl groups excluding tert-OH is 2. The van der Waals surface area contributed by atoms with E-state index in [9.17, 15) is 103 Å². The number of aliphatic hydroxyl groups is 2. The van der Waals surface area contributed by atoms with E-state index in [0.29, 0.717) is 17.5 Å². The van der Waals surface area contributed by atoms with Crippen LogP contribution in [-0.2, 0) is 84.8 Å². The lowest BCUT2D eigenvalue weighted by atomic mass is 10.00. The predicted octanol–water partition coefficient (Wildman–Crippen LogP) is -6.25. The zero-order valence-electron chi connectivity index (χ0n) is 52.5. The maximum Gasteiger partial charge on any atom is 0.326 e. The summed E-state index contributed by atoms with van der Waals surface area (Å²) < 4.78 is 0. The topological polar surface area (TPSA) is 588 Å². The van der Waals surface area contributed by atoms with Gasteiger partial charge in [0.25, 0.3) is 0 Å². The summed E-state index contributed by atoms with van der Waals surface area (Å²) in [5.41, 5.74) is 17.4. The van der Waals surface area contributed by atoms with E-state index in [-0.39, 0.29) is 50.3 Å². The molecule has 0 saturated heterocycles. The van der Waals surface area contributed by atoms with Crippen LogP contribution >= 0.6 is 0 Å². The number of aliphatic carboxylic acids is 3. The smallest absolute Gasteiger partial charge is 0.326 e. The van der Waals surface area contributed by atoms with Gasteiger partial charge in [-0.15, -0.1) is 0 Å². The molecule has 520 valence electrons. The molecule has 11 atom stereocenters. The molecule has 12 amide bonds. The minimum absolute atomic E-state index is 0.0765. The normalized spacial score (nSPS) is 14.5. The van der Waals surface area contributed by atoms with Gasteiger partial charge in [-0.25, -0.2) is 4.79 Å². The van der Waals surface area contributed by atoms with Crippen LogP contribution in [-0.4, -0.2) is 212 Å². The van der Waals surface area contributed by atoms with Crippen LogP contribution in [0.2, 0.25) is 0 Å². The van der Waals surface area contributed by atoms with E-state index >= 15 is 0 Å². The van der Waals surface area contributed by atoms with E-state index in [4.69, 9.17) is 17.2 Å². The predicted molar refractivity (Wildman–Crippen MR) is 330 cm³/mol. The van der Waals surface area contributed by atoms with Gasteiger partial charge in [-0.2, -0.15) is 0 Å². The molecule has 0 saturated carbocycles. The van der Waals surface area contributed by atoms with Crippen molar-refractivity contribution >= 4 is 88.8 Å². The second-order valence-electron chi connectivity index (χ2n) is 22.4.